The normalized spacial score (nSPS) is 10.3. The summed E-state index contributed by atoms with van der Waals surface area (Å²) in [7, 11) is 0. The van der Waals surface area contributed by atoms with E-state index in [2.05, 4.69) is 6.07 Å². The largest absolute Gasteiger partial charge is 0.457 e. The molecule has 0 bridgehead atoms. The second kappa shape index (κ2) is 6.43. The van der Waals surface area contributed by atoms with Gasteiger partial charge in [-0.15, -0.1) is 0 Å². The van der Waals surface area contributed by atoms with Gasteiger partial charge in [-0.2, -0.15) is 0 Å². The molecule has 0 aromatic heterocycles. The molecule has 2 N–H and O–H groups in total. The van der Waals surface area contributed by atoms with Crippen molar-refractivity contribution in [1.29, 1.82) is 0 Å². The van der Waals surface area contributed by atoms with Crippen molar-refractivity contribution in [2.45, 2.75) is 12.8 Å². The highest BCUT2D eigenvalue weighted by Gasteiger charge is 2.04. The van der Waals surface area contributed by atoms with Gasteiger partial charge >= 0.3 is 0 Å². The Hall–Kier alpha value is -1.51. The molecule has 0 aliphatic carbocycles. The second-order valence-electron chi connectivity index (χ2n) is 4.06. The molecule has 2 nitrogen and oxygen atoms in total. The highest BCUT2D eigenvalue weighted by atomic mass is 35.5. The van der Waals surface area contributed by atoms with E-state index in [4.69, 9.17) is 22.1 Å². The van der Waals surface area contributed by atoms with Crippen LogP contribution in [0.5, 0.6) is 11.5 Å². The molecule has 0 saturated heterocycles. The molecule has 0 spiro atoms. The van der Waals surface area contributed by atoms with E-state index >= 15 is 0 Å². The monoisotopic (exact) mass is 261 g/mol. The SMILES string of the molecule is NCCCc1ccccc1Oc1cccc(Cl)c1. The van der Waals surface area contributed by atoms with E-state index in [1.807, 2.05) is 36.4 Å². The van der Waals surface area contributed by atoms with Crippen LogP contribution in [0.25, 0.3) is 0 Å². The Morgan fingerprint density at radius 3 is 2.67 bits per heavy atom. The predicted octanol–water partition coefficient (Wildman–Crippen LogP) is 4.02. The van der Waals surface area contributed by atoms with E-state index in [0.29, 0.717) is 11.6 Å². The van der Waals surface area contributed by atoms with Gasteiger partial charge in [0.25, 0.3) is 0 Å². The minimum atomic E-state index is 0.673. The summed E-state index contributed by atoms with van der Waals surface area (Å²) >= 11 is 5.94. The van der Waals surface area contributed by atoms with E-state index in [1.165, 1.54) is 5.56 Å². The van der Waals surface area contributed by atoms with Gasteiger partial charge in [-0.25, -0.2) is 0 Å². The Balaban J connectivity index is 2.17. The van der Waals surface area contributed by atoms with Crippen molar-refractivity contribution in [2.75, 3.05) is 6.54 Å². The first-order chi connectivity index (χ1) is 8.79. The quantitative estimate of drug-likeness (QED) is 0.882. The number of benzene rings is 2. The molecule has 0 aliphatic heterocycles. The van der Waals surface area contributed by atoms with Gasteiger partial charge in [0, 0.05) is 5.02 Å². The first-order valence-electron chi connectivity index (χ1n) is 6.01. The molecular formula is C15H16ClNO. The molecule has 94 valence electrons. The zero-order chi connectivity index (χ0) is 12.8. The smallest absolute Gasteiger partial charge is 0.130 e. The molecule has 2 rings (SSSR count). The van der Waals surface area contributed by atoms with E-state index in [1.54, 1.807) is 6.07 Å². The van der Waals surface area contributed by atoms with Gasteiger partial charge in [-0.1, -0.05) is 35.9 Å². The molecule has 0 unspecified atom stereocenters. The van der Waals surface area contributed by atoms with Crippen molar-refractivity contribution in [1.82, 2.24) is 0 Å². The number of nitrogens with two attached hydrogens (primary N) is 1. The van der Waals surface area contributed by atoms with Gasteiger partial charge in [0.15, 0.2) is 0 Å². The molecule has 0 saturated carbocycles. The van der Waals surface area contributed by atoms with Crippen LogP contribution < -0.4 is 10.5 Å². The molecule has 0 amide bonds. The zero-order valence-corrected chi connectivity index (χ0v) is 10.9. The second-order valence-corrected chi connectivity index (χ2v) is 4.50. The summed E-state index contributed by atoms with van der Waals surface area (Å²) in [6.07, 6.45) is 1.88. The van der Waals surface area contributed by atoms with Crippen LogP contribution in [0.15, 0.2) is 48.5 Å². The van der Waals surface area contributed by atoms with E-state index in [-0.39, 0.29) is 0 Å². The predicted molar refractivity (Wildman–Crippen MR) is 75.3 cm³/mol. The molecule has 0 fully saturated rings. The fourth-order valence-corrected chi connectivity index (χ4v) is 1.94. The lowest BCUT2D eigenvalue weighted by Crippen LogP contribution is -2.01. The van der Waals surface area contributed by atoms with Gasteiger partial charge in [-0.05, 0) is 49.2 Å². The number of para-hydroxylation sites is 1. The number of aryl methyl sites for hydroxylation is 1. The average molecular weight is 262 g/mol. The highest BCUT2D eigenvalue weighted by Crippen LogP contribution is 2.27. The molecule has 0 atom stereocenters. The fourth-order valence-electron chi connectivity index (χ4n) is 1.76. The zero-order valence-electron chi connectivity index (χ0n) is 10.1. The van der Waals surface area contributed by atoms with Crippen molar-refractivity contribution >= 4 is 11.6 Å². The lowest BCUT2D eigenvalue weighted by atomic mass is 10.1. The third kappa shape index (κ3) is 3.49. The highest BCUT2D eigenvalue weighted by molar-refractivity contribution is 6.30. The third-order valence-corrected chi connectivity index (χ3v) is 2.88. The van der Waals surface area contributed by atoms with E-state index in [9.17, 15) is 0 Å². The number of rotatable bonds is 5. The Bertz CT molecular complexity index is 513. The average Bonchev–Trinajstić information content (AvgIpc) is 2.38. The van der Waals surface area contributed by atoms with Gasteiger partial charge in [0.05, 0.1) is 0 Å². The topological polar surface area (TPSA) is 35.2 Å². The van der Waals surface area contributed by atoms with Crippen molar-refractivity contribution in [3.05, 3.63) is 59.1 Å². The van der Waals surface area contributed by atoms with Crippen molar-refractivity contribution < 1.29 is 4.74 Å². The van der Waals surface area contributed by atoms with E-state index < -0.39 is 0 Å². The van der Waals surface area contributed by atoms with E-state index in [0.717, 1.165) is 24.3 Å². The Morgan fingerprint density at radius 1 is 1.06 bits per heavy atom. The Labute approximate surface area is 112 Å². The Kier molecular flexibility index (Phi) is 4.62. The maximum atomic E-state index is 5.94. The number of hydrogen-bond acceptors (Lipinski definition) is 2. The number of hydrogen-bond donors (Lipinski definition) is 1. The molecule has 0 heterocycles. The van der Waals surface area contributed by atoms with Crippen molar-refractivity contribution in [3.8, 4) is 11.5 Å². The third-order valence-electron chi connectivity index (χ3n) is 2.65. The van der Waals surface area contributed by atoms with Gasteiger partial charge < -0.3 is 10.5 Å². The summed E-state index contributed by atoms with van der Waals surface area (Å²) in [5, 5.41) is 0.673. The molecular weight excluding hydrogens is 246 g/mol. The van der Waals surface area contributed by atoms with Crippen LogP contribution in [-0.2, 0) is 6.42 Å². The van der Waals surface area contributed by atoms with Crippen LogP contribution in [0.3, 0.4) is 0 Å². The summed E-state index contributed by atoms with van der Waals surface area (Å²) in [5.74, 6) is 1.62. The molecule has 18 heavy (non-hydrogen) atoms. The summed E-state index contributed by atoms with van der Waals surface area (Å²) in [6.45, 7) is 0.686. The van der Waals surface area contributed by atoms with Gasteiger partial charge in [-0.3, -0.25) is 0 Å². The first-order valence-corrected chi connectivity index (χ1v) is 6.39. The van der Waals surface area contributed by atoms with Gasteiger partial charge in [0.2, 0.25) is 0 Å². The number of ether oxygens (including phenoxy) is 1. The van der Waals surface area contributed by atoms with Crippen LogP contribution in [-0.4, -0.2) is 6.54 Å². The molecule has 3 heteroatoms. The van der Waals surface area contributed by atoms with Crippen molar-refractivity contribution in [2.24, 2.45) is 5.73 Å². The van der Waals surface area contributed by atoms with Crippen LogP contribution in [0.1, 0.15) is 12.0 Å². The van der Waals surface area contributed by atoms with Crippen LogP contribution in [0, 0.1) is 0 Å². The summed E-state index contributed by atoms with van der Waals surface area (Å²) in [4.78, 5) is 0. The van der Waals surface area contributed by atoms with Crippen LogP contribution in [0.2, 0.25) is 5.02 Å². The van der Waals surface area contributed by atoms with Gasteiger partial charge in [0.1, 0.15) is 11.5 Å². The molecule has 0 aliphatic rings. The summed E-state index contributed by atoms with van der Waals surface area (Å²) in [6, 6.07) is 15.4. The standard InChI is InChI=1S/C15H16ClNO/c16-13-7-3-8-14(11-13)18-15-9-2-1-5-12(15)6-4-10-17/h1-3,5,7-9,11H,4,6,10,17H2. The summed E-state index contributed by atoms with van der Waals surface area (Å²) < 4.78 is 5.86. The summed E-state index contributed by atoms with van der Waals surface area (Å²) in [5.41, 5.74) is 6.71. The lowest BCUT2D eigenvalue weighted by Gasteiger charge is -2.10. The van der Waals surface area contributed by atoms with Crippen LogP contribution in [0.4, 0.5) is 0 Å². The number of halogens is 1. The fraction of sp³-hybridized carbons (Fsp3) is 0.200. The molecule has 2 aromatic carbocycles. The molecule has 2 aromatic rings. The Morgan fingerprint density at radius 2 is 1.89 bits per heavy atom. The van der Waals surface area contributed by atoms with Crippen LogP contribution >= 0.6 is 11.6 Å². The minimum Gasteiger partial charge on any atom is -0.457 e. The lowest BCUT2D eigenvalue weighted by molar-refractivity contribution is 0.475. The first kappa shape index (κ1) is 12.9. The van der Waals surface area contributed by atoms with Crippen molar-refractivity contribution in [3.63, 3.8) is 0 Å². The minimum absolute atomic E-state index is 0.673. The maximum absolute atomic E-state index is 5.94. The maximum Gasteiger partial charge on any atom is 0.130 e. The molecule has 0 radical (unpaired) electrons.